The van der Waals surface area contributed by atoms with Gasteiger partial charge in [-0.3, -0.25) is 4.79 Å². The van der Waals surface area contributed by atoms with Gasteiger partial charge in [0.1, 0.15) is 50.1 Å². The lowest BCUT2D eigenvalue weighted by molar-refractivity contribution is -1.02. The molecule has 1 aliphatic heterocycles. The molecule has 0 radical (unpaired) electrons. The van der Waals surface area contributed by atoms with E-state index in [1.807, 2.05) is 19.1 Å². The molecule has 7 heteroatoms. The van der Waals surface area contributed by atoms with Gasteiger partial charge in [0.05, 0.1) is 25.0 Å². The zero-order valence-corrected chi connectivity index (χ0v) is 15.9. The molecule has 1 amide bonds. The zero-order chi connectivity index (χ0) is 19.2. The third-order valence-corrected chi connectivity index (χ3v) is 5.11. The molecule has 6 nitrogen and oxygen atoms in total. The highest BCUT2D eigenvalue weighted by Crippen LogP contribution is 2.18. The van der Waals surface area contributed by atoms with Gasteiger partial charge >= 0.3 is 0 Å². The van der Waals surface area contributed by atoms with E-state index in [-0.39, 0.29) is 17.8 Å². The second-order valence-corrected chi connectivity index (χ2v) is 7.11. The summed E-state index contributed by atoms with van der Waals surface area (Å²) in [5.74, 6) is 1.28. The number of carbonyl (C=O) groups is 1. The first kappa shape index (κ1) is 19.4. The van der Waals surface area contributed by atoms with Gasteiger partial charge in [0, 0.05) is 0 Å². The van der Waals surface area contributed by atoms with Gasteiger partial charge in [0.25, 0.3) is 5.91 Å². The van der Waals surface area contributed by atoms with Crippen molar-refractivity contribution < 1.29 is 28.1 Å². The molecular formula is C20H28FN3O3+2. The molecule has 27 heavy (non-hydrogen) atoms. The number of hydrogen-bond donors (Lipinski definition) is 3. The van der Waals surface area contributed by atoms with Crippen LogP contribution in [0.2, 0.25) is 0 Å². The normalized spacial score (nSPS) is 20.9. The number of hydrogen-bond acceptors (Lipinski definition) is 3. The van der Waals surface area contributed by atoms with Crippen LogP contribution in [0.5, 0.6) is 5.75 Å². The number of halogens is 1. The molecule has 2 aromatic rings. The number of ether oxygens (including phenoxy) is 1. The quantitative estimate of drug-likeness (QED) is 0.615. The van der Waals surface area contributed by atoms with E-state index in [1.165, 1.54) is 15.9 Å². The summed E-state index contributed by atoms with van der Waals surface area (Å²) in [5, 5.41) is 2.98. The molecule has 0 saturated carbocycles. The van der Waals surface area contributed by atoms with Gasteiger partial charge < -0.3 is 24.3 Å². The molecule has 1 fully saturated rings. The first-order valence-electron chi connectivity index (χ1n) is 9.37. The van der Waals surface area contributed by atoms with E-state index in [2.05, 4.69) is 5.32 Å². The van der Waals surface area contributed by atoms with Crippen LogP contribution in [0, 0.1) is 5.82 Å². The summed E-state index contributed by atoms with van der Waals surface area (Å²) < 4.78 is 24.2. The maximum Gasteiger partial charge on any atom is 0.275 e. The first-order chi connectivity index (χ1) is 13.0. The number of methoxy groups -OCH3 is 1. The molecule has 146 valence electrons. The predicted molar refractivity (Wildman–Crippen MR) is 98.2 cm³/mol. The average Bonchev–Trinajstić information content (AvgIpc) is 3.18. The molecule has 1 aromatic carbocycles. The van der Waals surface area contributed by atoms with Crippen LogP contribution in [-0.4, -0.2) is 45.7 Å². The number of nitrogens with one attached hydrogen (secondary N) is 3. The molecule has 0 bridgehead atoms. The molecule has 1 aromatic heterocycles. The van der Waals surface area contributed by atoms with Gasteiger partial charge in [-0.15, -0.1) is 0 Å². The van der Waals surface area contributed by atoms with Crippen LogP contribution >= 0.6 is 0 Å². The molecule has 3 N–H and O–H groups in total. The highest BCUT2D eigenvalue weighted by atomic mass is 19.1. The minimum Gasteiger partial charge on any atom is -0.496 e. The van der Waals surface area contributed by atoms with Gasteiger partial charge in [-0.1, -0.05) is 0 Å². The van der Waals surface area contributed by atoms with Crippen LogP contribution in [0.3, 0.4) is 0 Å². The van der Waals surface area contributed by atoms with Crippen LogP contribution in [0.25, 0.3) is 0 Å². The smallest absolute Gasteiger partial charge is 0.275 e. The third-order valence-electron chi connectivity index (χ3n) is 5.11. The number of amides is 1. The Morgan fingerprint density at radius 2 is 2.00 bits per heavy atom. The van der Waals surface area contributed by atoms with Crippen molar-refractivity contribution in [3.63, 3.8) is 0 Å². The van der Waals surface area contributed by atoms with Crippen molar-refractivity contribution in [2.45, 2.75) is 19.5 Å². The van der Waals surface area contributed by atoms with Crippen molar-refractivity contribution in [2.75, 3.05) is 39.8 Å². The van der Waals surface area contributed by atoms with Gasteiger partial charge in [0.15, 0.2) is 6.54 Å². The number of quaternary nitrogens is 2. The van der Waals surface area contributed by atoms with E-state index in [1.54, 1.807) is 25.5 Å². The first-order valence-corrected chi connectivity index (χ1v) is 9.37. The van der Waals surface area contributed by atoms with E-state index in [0.29, 0.717) is 6.54 Å². The van der Waals surface area contributed by atoms with Crippen molar-refractivity contribution in [1.29, 1.82) is 0 Å². The molecular weight excluding hydrogens is 349 g/mol. The Morgan fingerprint density at radius 3 is 2.67 bits per heavy atom. The molecule has 1 aliphatic rings. The highest BCUT2D eigenvalue weighted by molar-refractivity contribution is 5.77. The Hall–Kier alpha value is -2.38. The summed E-state index contributed by atoms with van der Waals surface area (Å²) in [5.41, 5.74) is 0.890. The molecule has 2 heterocycles. The summed E-state index contributed by atoms with van der Waals surface area (Å²) >= 11 is 0. The summed E-state index contributed by atoms with van der Waals surface area (Å²) in [6, 6.07) is 8.20. The number of furan rings is 1. The molecule has 0 unspecified atom stereocenters. The lowest BCUT2D eigenvalue weighted by Crippen LogP contribution is -3.28. The van der Waals surface area contributed by atoms with Crippen LogP contribution < -0.4 is 19.9 Å². The van der Waals surface area contributed by atoms with Crippen LogP contribution in [-0.2, 0) is 11.3 Å². The summed E-state index contributed by atoms with van der Waals surface area (Å²) in [6.07, 6.45) is 1.61. The third kappa shape index (κ3) is 5.30. The number of rotatable bonds is 7. The molecule has 3 rings (SSSR count). The van der Waals surface area contributed by atoms with Crippen LogP contribution in [0.1, 0.15) is 24.3 Å². The molecule has 1 saturated heterocycles. The maximum atomic E-state index is 13.5. The molecule has 0 aliphatic carbocycles. The predicted octanol–water partition coefficient (Wildman–Crippen LogP) is -0.412. The largest absolute Gasteiger partial charge is 0.496 e. The monoisotopic (exact) mass is 377 g/mol. The minimum absolute atomic E-state index is 0.0316. The summed E-state index contributed by atoms with van der Waals surface area (Å²) in [6.45, 7) is 6.81. The van der Waals surface area contributed by atoms with Crippen molar-refractivity contribution in [2.24, 2.45) is 0 Å². The van der Waals surface area contributed by atoms with Crippen molar-refractivity contribution in [3.05, 3.63) is 53.7 Å². The van der Waals surface area contributed by atoms with Crippen molar-refractivity contribution >= 4 is 5.91 Å². The van der Waals surface area contributed by atoms with E-state index in [4.69, 9.17) is 9.15 Å². The second kappa shape index (κ2) is 9.01. The zero-order valence-electron chi connectivity index (χ0n) is 15.9. The Bertz CT molecular complexity index is 743. The van der Waals surface area contributed by atoms with Gasteiger partial charge in [-0.2, -0.15) is 0 Å². The Morgan fingerprint density at radius 1 is 1.26 bits per heavy atom. The topological polar surface area (TPSA) is 60.4 Å². The van der Waals surface area contributed by atoms with E-state index in [0.717, 1.165) is 49.8 Å². The number of carbonyl (C=O) groups excluding carboxylic acids is 1. The Balaban J connectivity index is 1.45. The molecule has 0 spiro atoms. The number of benzene rings is 1. The highest BCUT2D eigenvalue weighted by Gasteiger charge is 2.26. The van der Waals surface area contributed by atoms with Crippen molar-refractivity contribution in [3.8, 4) is 5.75 Å². The summed E-state index contributed by atoms with van der Waals surface area (Å²) in [7, 11) is 1.61. The second-order valence-electron chi connectivity index (χ2n) is 7.11. The minimum atomic E-state index is -0.239. The average molecular weight is 377 g/mol. The number of piperazine rings is 1. The molecule has 1 atom stereocenters. The summed E-state index contributed by atoms with van der Waals surface area (Å²) in [4.78, 5) is 14.9. The van der Waals surface area contributed by atoms with Gasteiger partial charge in [-0.05, 0) is 37.3 Å². The fraction of sp³-hybridized carbons (Fsp3) is 0.450. The Labute approximate surface area is 158 Å². The van der Waals surface area contributed by atoms with Gasteiger partial charge in [0.2, 0.25) is 0 Å². The van der Waals surface area contributed by atoms with E-state index < -0.39 is 0 Å². The lowest BCUT2D eigenvalue weighted by Gasteiger charge is -2.29. The Kier molecular flexibility index (Phi) is 6.47. The van der Waals surface area contributed by atoms with Crippen molar-refractivity contribution in [1.82, 2.24) is 5.32 Å². The van der Waals surface area contributed by atoms with Crippen LogP contribution in [0.15, 0.2) is 41.0 Å². The lowest BCUT2D eigenvalue weighted by atomic mass is 10.1. The fourth-order valence-electron chi connectivity index (χ4n) is 3.59. The maximum absolute atomic E-state index is 13.5. The fourth-order valence-corrected chi connectivity index (χ4v) is 3.59. The van der Waals surface area contributed by atoms with Crippen LogP contribution in [0.4, 0.5) is 4.39 Å². The SMILES string of the molecule is COc1ccc(F)cc1C[NH+]1CC[NH+](CC(=O)N[C@H](C)c2ccco2)CC1. The van der Waals surface area contributed by atoms with E-state index in [9.17, 15) is 9.18 Å². The van der Waals surface area contributed by atoms with Gasteiger partial charge in [-0.25, -0.2) is 4.39 Å². The standard InChI is InChI=1S/C20H26FN3O3/c1-15(18-4-3-11-27-18)22-20(25)14-24-9-7-23(8-10-24)13-16-12-17(21)5-6-19(16)26-2/h3-6,11-12,15H,7-10,13-14H2,1-2H3,(H,22,25)/p+2/t15-/m1/s1. The van der Waals surface area contributed by atoms with E-state index >= 15 is 0 Å².